The first-order valence-corrected chi connectivity index (χ1v) is 7.28. The van der Waals surface area contributed by atoms with Gasteiger partial charge in [-0.15, -0.1) is 0 Å². The fourth-order valence-electron chi connectivity index (χ4n) is 1.49. The van der Waals surface area contributed by atoms with Crippen molar-refractivity contribution in [3.05, 3.63) is 35.4 Å². The highest BCUT2D eigenvalue weighted by Crippen LogP contribution is 2.08. The maximum atomic E-state index is 11.7. The lowest BCUT2D eigenvalue weighted by atomic mass is 10.1. The number of aliphatic hydroxyl groups excluding tert-OH is 2. The van der Waals surface area contributed by atoms with E-state index in [0.29, 0.717) is 12.8 Å². The smallest absolute Gasteiger partial charge is 0.338 e. The number of carbonyl (C=O) groups excluding carboxylic acids is 2. The Balaban J connectivity index is 2.55. The lowest BCUT2D eigenvalue weighted by molar-refractivity contribution is 0.0242. The highest BCUT2D eigenvalue weighted by Gasteiger charge is 2.13. The minimum atomic E-state index is -0.678. The summed E-state index contributed by atoms with van der Waals surface area (Å²) in [4.78, 5) is 23.4. The largest absolute Gasteiger partial charge is 0.459 e. The molecular weight excluding hydrogens is 288 g/mol. The van der Waals surface area contributed by atoms with Crippen LogP contribution in [0.1, 0.15) is 47.4 Å². The third-order valence-electron chi connectivity index (χ3n) is 3.11. The average molecular weight is 310 g/mol. The highest BCUT2D eigenvalue weighted by molar-refractivity contribution is 5.93. The van der Waals surface area contributed by atoms with Gasteiger partial charge in [0, 0.05) is 0 Å². The lowest BCUT2D eigenvalue weighted by Crippen LogP contribution is -2.18. The topological polar surface area (TPSA) is 93.1 Å². The van der Waals surface area contributed by atoms with Gasteiger partial charge in [0.15, 0.2) is 0 Å². The highest BCUT2D eigenvalue weighted by atomic mass is 16.5. The molecule has 0 saturated carbocycles. The van der Waals surface area contributed by atoms with Crippen molar-refractivity contribution in [2.24, 2.45) is 0 Å². The second-order valence-electron chi connectivity index (χ2n) is 4.90. The van der Waals surface area contributed by atoms with Crippen molar-refractivity contribution in [2.45, 2.75) is 38.9 Å². The van der Waals surface area contributed by atoms with E-state index < -0.39 is 24.1 Å². The van der Waals surface area contributed by atoms with Gasteiger partial charge in [-0.25, -0.2) is 9.59 Å². The summed E-state index contributed by atoms with van der Waals surface area (Å²) >= 11 is 0. The monoisotopic (exact) mass is 310 g/mol. The maximum Gasteiger partial charge on any atom is 0.338 e. The van der Waals surface area contributed by atoms with Crippen molar-refractivity contribution in [2.75, 3.05) is 13.2 Å². The molecule has 0 fully saturated rings. The number of benzene rings is 1. The summed E-state index contributed by atoms with van der Waals surface area (Å²) < 4.78 is 9.87. The second-order valence-corrected chi connectivity index (χ2v) is 4.90. The van der Waals surface area contributed by atoms with E-state index in [9.17, 15) is 19.8 Å². The first-order valence-electron chi connectivity index (χ1n) is 7.28. The third kappa shape index (κ3) is 5.83. The molecule has 1 aromatic rings. The summed E-state index contributed by atoms with van der Waals surface area (Å²) in [5, 5.41) is 18.7. The molecule has 0 aliphatic carbocycles. The maximum absolute atomic E-state index is 11.7. The molecule has 0 amide bonds. The number of ether oxygens (including phenoxy) is 2. The molecule has 0 bridgehead atoms. The Morgan fingerprint density at radius 2 is 1.18 bits per heavy atom. The number of rotatable bonds is 8. The van der Waals surface area contributed by atoms with Gasteiger partial charge >= 0.3 is 11.9 Å². The van der Waals surface area contributed by atoms with Crippen LogP contribution in [0.3, 0.4) is 0 Å². The van der Waals surface area contributed by atoms with Crippen LogP contribution in [0.4, 0.5) is 0 Å². The lowest BCUT2D eigenvalue weighted by Gasteiger charge is -2.10. The first-order chi connectivity index (χ1) is 10.5. The van der Waals surface area contributed by atoms with Gasteiger partial charge in [0.2, 0.25) is 0 Å². The molecule has 0 aliphatic heterocycles. The first kappa shape index (κ1) is 18.1. The van der Waals surface area contributed by atoms with E-state index in [-0.39, 0.29) is 24.3 Å². The normalized spacial score (nSPS) is 13.3. The van der Waals surface area contributed by atoms with Crippen molar-refractivity contribution in [1.29, 1.82) is 0 Å². The van der Waals surface area contributed by atoms with Crippen LogP contribution in [0.25, 0.3) is 0 Å². The molecule has 2 unspecified atom stereocenters. The van der Waals surface area contributed by atoms with Crippen molar-refractivity contribution >= 4 is 11.9 Å². The van der Waals surface area contributed by atoms with Gasteiger partial charge in [0.05, 0.1) is 23.3 Å². The summed E-state index contributed by atoms with van der Waals surface area (Å²) in [6.45, 7) is 3.45. The van der Waals surface area contributed by atoms with Gasteiger partial charge in [-0.1, -0.05) is 13.8 Å². The quantitative estimate of drug-likeness (QED) is 0.708. The number of hydrogen-bond acceptors (Lipinski definition) is 6. The Bertz CT molecular complexity index is 437. The van der Waals surface area contributed by atoms with Crippen LogP contribution >= 0.6 is 0 Å². The van der Waals surface area contributed by atoms with Crippen LogP contribution in [-0.2, 0) is 9.47 Å². The Morgan fingerprint density at radius 1 is 0.864 bits per heavy atom. The van der Waals surface area contributed by atoms with Crippen LogP contribution in [0.5, 0.6) is 0 Å². The molecule has 22 heavy (non-hydrogen) atoms. The van der Waals surface area contributed by atoms with E-state index in [1.165, 1.54) is 24.3 Å². The molecule has 0 aliphatic rings. The van der Waals surface area contributed by atoms with Gasteiger partial charge < -0.3 is 19.7 Å². The molecule has 1 aromatic carbocycles. The van der Waals surface area contributed by atoms with E-state index in [1.54, 1.807) is 13.8 Å². The van der Waals surface area contributed by atoms with Crippen LogP contribution in [0.2, 0.25) is 0 Å². The van der Waals surface area contributed by atoms with Crippen molar-refractivity contribution in [1.82, 2.24) is 0 Å². The zero-order chi connectivity index (χ0) is 16.5. The third-order valence-corrected chi connectivity index (χ3v) is 3.11. The summed E-state index contributed by atoms with van der Waals surface area (Å²) in [6, 6.07) is 5.81. The van der Waals surface area contributed by atoms with E-state index >= 15 is 0 Å². The number of esters is 2. The van der Waals surface area contributed by atoms with Gasteiger partial charge in [0.1, 0.15) is 13.2 Å². The van der Waals surface area contributed by atoms with Gasteiger partial charge in [-0.2, -0.15) is 0 Å². The minimum absolute atomic E-state index is 0.0615. The second kappa shape index (κ2) is 9.17. The molecule has 0 spiro atoms. The van der Waals surface area contributed by atoms with Crippen LogP contribution in [-0.4, -0.2) is 47.6 Å². The van der Waals surface area contributed by atoms with E-state index in [2.05, 4.69) is 0 Å². The van der Waals surface area contributed by atoms with Crippen LogP contribution in [0, 0.1) is 0 Å². The molecule has 1 rings (SSSR count). The van der Waals surface area contributed by atoms with E-state index in [0.717, 1.165) is 0 Å². The summed E-state index contributed by atoms with van der Waals surface area (Å²) in [5.74, 6) is -1.12. The number of hydrogen-bond donors (Lipinski definition) is 2. The predicted molar refractivity (Wildman–Crippen MR) is 79.6 cm³/mol. The Hall–Kier alpha value is -1.92. The molecule has 6 nitrogen and oxygen atoms in total. The molecule has 2 N–H and O–H groups in total. The van der Waals surface area contributed by atoms with Crippen LogP contribution in [0.15, 0.2) is 24.3 Å². The average Bonchev–Trinajstić information content (AvgIpc) is 2.56. The van der Waals surface area contributed by atoms with Crippen molar-refractivity contribution in [3.63, 3.8) is 0 Å². The zero-order valence-electron chi connectivity index (χ0n) is 12.8. The molecule has 6 heteroatoms. The standard InChI is InChI=1S/C16H22O6/c1-3-13(17)9-21-15(19)11-5-7-12(8-6-11)16(20)22-10-14(18)4-2/h5-8,13-14,17-18H,3-4,9-10H2,1-2H3. The van der Waals surface area contributed by atoms with Crippen molar-refractivity contribution in [3.8, 4) is 0 Å². The Labute approximate surface area is 129 Å². The molecule has 0 aromatic heterocycles. The zero-order valence-corrected chi connectivity index (χ0v) is 12.8. The summed E-state index contributed by atoms with van der Waals surface area (Å²) in [6.07, 6.45) is -0.352. The molecular formula is C16H22O6. The molecule has 0 heterocycles. The summed E-state index contributed by atoms with van der Waals surface area (Å²) in [7, 11) is 0. The minimum Gasteiger partial charge on any atom is -0.459 e. The van der Waals surface area contributed by atoms with Gasteiger partial charge in [-0.3, -0.25) is 0 Å². The molecule has 0 radical (unpaired) electrons. The Kier molecular flexibility index (Phi) is 7.56. The van der Waals surface area contributed by atoms with Crippen molar-refractivity contribution < 1.29 is 29.3 Å². The predicted octanol–water partition coefficient (Wildman–Crippen LogP) is 1.54. The SMILES string of the molecule is CCC(O)COC(=O)c1ccc(C(=O)OCC(O)CC)cc1. The number of carbonyl (C=O) groups is 2. The molecule has 122 valence electrons. The fraction of sp³-hybridized carbons (Fsp3) is 0.500. The molecule has 0 saturated heterocycles. The van der Waals surface area contributed by atoms with E-state index in [1.807, 2.05) is 0 Å². The van der Waals surface area contributed by atoms with Gasteiger partial charge in [-0.05, 0) is 37.1 Å². The fourth-order valence-corrected chi connectivity index (χ4v) is 1.49. The summed E-state index contributed by atoms with van der Waals surface area (Å²) in [5.41, 5.74) is 0.571. The van der Waals surface area contributed by atoms with Gasteiger partial charge in [0.25, 0.3) is 0 Å². The van der Waals surface area contributed by atoms with Crippen LogP contribution < -0.4 is 0 Å². The Morgan fingerprint density at radius 3 is 1.45 bits per heavy atom. The van der Waals surface area contributed by atoms with E-state index in [4.69, 9.17) is 9.47 Å². The number of aliphatic hydroxyl groups is 2. The molecule has 2 atom stereocenters.